The van der Waals surface area contributed by atoms with Crippen LogP contribution in [0, 0.1) is 5.92 Å². The third-order valence-electron chi connectivity index (χ3n) is 6.58. The number of carbonyl (C=O) groups is 2. The maximum atomic E-state index is 12.4. The van der Waals surface area contributed by atoms with Gasteiger partial charge >= 0.3 is 5.97 Å². The summed E-state index contributed by atoms with van der Waals surface area (Å²) in [6.45, 7) is 3.01. The first-order chi connectivity index (χ1) is 15.9. The van der Waals surface area contributed by atoms with Crippen LogP contribution in [0.2, 0.25) is 0 Å². The highest BCUT2D eigenvalue weighted by molar-refractivity contribution is 6.00. The number of carbonyl (C=O) groups excluding carboxylic acids is 2. The maximum Gasteiger partial charge on any atom is 0.333 e. The summed E-state index contributed by atoms with van der Waals surface area (Å²) in [6.07, 6.45) is 1.43. The fourth-order valence-corrected chi connectivity index (χ4v) is 4.17. The Hall–Kier alpha value is -1.92. The molecule has 0 aromatic carbocycles. The second-order valence-corrected chi connectivity index (χ2v) is 9.65. The van der Waals surface area contributed by atoms with Crippen molar-refractivity contribution in [1.29, 1.82) is 0 Å². The van der Waals surface area contributed by atoms with Crippen molar-refractivity contribution < 1.29 is 49.3 Å². The van der Waals surface area contributed by atoms with Crippen molar-refractivity contribution in [3.05, 3.63) is 36.0 Å². The van der Waals surface area contributed by atoms with Gasteiger partial charge in [0, 0.05) is 12.0 Å². The van der Waals surface area contributed by atoms with Crippen LogP contribution in [-0.4, -0.2) is 92.4 Å². The van der Waals surface area contributed by atoms with Gasteiger partial charge in [-0.05, 0) is 63.3 Å². The fraction of sp³-hybridized carbons (Fsp3) is 0.667. The average Bonchev–Trinajstić information content (AvgIpc) is 2.80. The molecule has 0 amide bonds. The Labute approximate surface area is 198 Å². The number of hydrogen-bond acceptors (Lipinski definition) is 10. The zero-order chi connectivity index (χ0) is 25.1. The Kier molecular flexibility index (Phi) is 8.46. The van der Waals surface area contributed by atoms with Gasteiger partial charge in [-0.25, -0.2) is 4.79 Å². The lowest BCUT2D eigenvalue weighted by Crippen LogP contribution is -2.59. The third-order valence-corrected chi connectivity index (χ3v) is 6.58. The molecule has 0 aromatic heterocycles. The lowest BCUT2D eigenvalue weighted by molar-refractivity contribution is -0.302. The Morgan fingerprint density at radius 1 is 1.18 bits per heavy atom. The average molecular weight is 483 g/mol. The van der Waals surface area contributed by atoms with E-state index in [-0.39, 0.29) is 31.3 Å². The first-order valence-corrected chi connectivity index (χ1v) is 11.4. The van der Waals surface area contributed by atoms with Crippen molar-refractivity contribution in [1.82, 2.24) is 0 Å². The van der Waals surface area contributed by atoms with Crippen LogP contribution in [0.25, 0.3) is 0 Å². The number of rotatable bonds is 8. The number of hydrogen-bond donors (Lipinski definition) is 5. The van der Waals surface area contributed by atoms with Crippen LogP contribution in [0.3, 0.4) is 0 Å². The predicted molar refractivity (Wildman–Crippen MR) is 118 cm³/mol. The van der Waals surface area contributed by atoms with Crippen molar-refractivity contribution in [2.75, 3.05) is 13.2 Å². The molecule has 190 valence electrons. The lowest BCUT2D eigenvalue weighted by Gasteiger charge is -2.40. The van der Waals surface area contributed by atoms with Crippen molar-refractivity contribution in [3.63, 3.8) is 0 Å². The van der Waals surface area contributed by atoms with E-state index in [1.807, 2.05) is 0 Å². The summed E-state index contributed by atoms with van der Waals surface area (Å²) in [5.74, 6) is -0.775. The van der Waals surface area contributed by atoms with Crippen LogP contribution in [0.4, 0.5) is 0 Å². The maximum absolute atomic E-state index is 12.4. The molecule has 6 atom stereocenters. The fourth-order valence-electron chi connectivity index (χ4n) is 4.17. The number of aliphatic hydroxyl groups excluding tert-OH is 3. The van der Waals surface area contributed by atoms with E-state index in [1.165, 1.54) is 24.3 Å². The molecule has 0 radical (unpaired) electrons. The number of aliphatic hydroxyl groups is 5. The summed E-state index contributed by atoms with van der Waals surface area (Å²) in [5, 5.41) is 51.2. The van der Waals surface area contributed by atoms with E-state index in [2.05, 4.69) is 0 Å². The minimum atomic E-state index is -1.60. The van der Waals surface area contributed by atoms with Crippen molar-refractivity contribution >= 4 is 11.8 Å². The van der Waals surface area contributed by atoms with Gasteiger partial charge in [-0.1, -0.05) is 6.08 Å². The van der Waals surface area contributed by atoms with E-state index in [4.69, 9.17) is 14.2 Å². The van der Waals surface area contributed by atoms with Gasteiger partial charge in [-0.3, -0.25) is 4.79 Å². The summed E-state index contributed by atoms with van der Waals surface area (Å²) in [7, 11) is 0. The smallest absolute Gasteiger partial charge is 0.333 e. The van der Waals surface area contributed by atoms with E-state index in [1.54, 1.807) is 19.9 Å². The van der Waals surface area contributed by atoms with Crippen LogP contribution >= 0.6 is 0 Å². The van der Waals surface area contributed by atoms with Gasteiger partial charge in [0.05, 0.1) is 12.2 Å². The number of allylic oxidation sites excluding steroid dienone is 3. The first kappa shape index (κ1) is 26.7. The quantitative estimate of drug-likeness (QED) is 0.289. The molecule has 1 fully saturated rings. The molecule has 1 saturated heterocycles. The Morgan fingerprint density at radius 2 is 1.85 bits per heavy atom. The lowest BCUT2D eigenvalue weighted by atomic mass is 9.79. The van der Waals surface area contributed by atoms with Gasteiger partial charge < -0.3 is 39.7 Å². The molecule has 2 aliphatic carbocycles. The highest BCUT2D eigenvalue weighted by Gasteiger charge is 2.45. The molecule has 3 rings (SSSR count). The van der Waals surface area contributed by atoms with Crippen LogP contribution in [0.5, 0.6) is 0 Å². The number of esters is 1. The highest BCUT2D eigenvalue weighted by atomic mass is 16.7. The van der Waals surface area contributed by atoms with Crippen LogP contribution < -0.4 is 0 Å². The molecule has 0 spiro atoms. The van der Waals surface area contributed by atoms with Crippen molar-refractivity contribution in [3.8, 4) is 0 Å². The topological polar surface area (TPSA) is 163 Å². The summed E-state index contributed by atoms with van der Waals surface area (Å²) >= 11 is 0. The van der Waals surface area contributed by atoms with Gasteiger partial charge in [0.15, 0.2) is 12.1 Å². The summed E-state index contributed by atoms with van der Waals surface area (Å²) < 4.78 is 16.3. The van der Waals surface area contributed by atoms with Gasteiger partial charge in [0.25, 0.3) is 0 Å². The Morgan fingerprint density at radius 3 is 2.44 bits per heavy atom. The van der Waals surface area contributed by atoms with E-state index >= 15 is 0 Å². The van der Waals surface area contributed by atoms with Gasteiger partial charge in [-0.15, -0.1) is 0 Å². The molecule has 1 heterocycles. The first-order valence-electron chi connectivity index (χ1n) is 11.4. The van der Waals surface area contributed by atoms with Crippen molar-refractivity contribution in [2.45, 2.75) is 81.4 Å². The summed E-state index contributed by atoms with van der Waals surface area (Å²) in [6, 6.07) is 0. The van der Waals surface area contributed by atoms with Gasteiger partial charge in [0.2, 0.25) is 0 Å². The van der Waals surface area contributed by atoms with E-state index in [0.717, 1.165) is 0 Å². The molecule has 10 heteroatoms. The molecule has 5 N–H and O–H groups in total. The van der Waals surface area contributed by atoms with E-state index < -0.39 is 47.9 Å². The molecular weight excluding hydrogens is 448 g/mol. The van der Waals surface area contributed by atoms with E-state index in [0.29, 0.717) is 24.8 Å². The number of ketones is 1. The summed E-state index contributed by atoms with van der Waals surface area (Å²) in [5.41, 5.74) is -1.76. The molecule has 34 heavy (non-hydrogen) atoms. The molecule has 0 bridgehead atoms. The predicted octanol–water partition coefficient (Wildman–Crippen LogP) is -0.332. The minimum absolute atomic E-state index is 0.0419. The normalized spacial score (nSPS) is 33.5. The Bertz CT molecular complexity index is 823. The molecule has 10 nitrogen and oxygen atoms in total. The molecule has 5 unspecified atom stereocenters. The third kappa shape index (κ3) is 6.60. The second kappa shape index (κ2) is 10.8. The van der Waals surface area contributed by atoms with Crippen LogP contribution in [0.1, 0.15) is 39.5 Å². The largest absolute Gasteiger partial charge is 0.459 e. The monoisotopic (exact) mass is 482 g/mol. The highest BCUT2D eigenvalue weighted by Crippen LogP contribution is 2.32. The van der Waals surface area contributed by atoms with Crippen molar-refractivity contribution in [2.24, 2.45) is 5.92 Å². The minimum Gasteiger partial charge on any atom is -0.459 e. The molecule has 3 aliphatic rings. The summed E-state index contributed by atoms with van der Waals surface area (Å²) in [4.78, 5) is 23.7. The molecular formula is C24H34O10. The van der Waals surface area contributed by atoms with Gasteiger partial charge in [-0.2, -0.15) is 0 Å². The standard InChI is InChI=1S/C24H34O10/c1-23(2,30)15-5-3-14(4-6-15)21(29)33-13-17-18(26)19(27)20(28)22(34-17)32-12-11-24(31)9-7-16(25)8-10-24/h3,7-10,15,17-20,22,26-28,30-31H,4-6,11-13H2,1-2H3/t15-,17?,18?,19?,20?,22?/m0/s1. The second-order valence-electron chi connectivity index (χ2n) is 9.65. The zero-order valence-corrected chi connectivity index (χ0v) is 19.4. The van der Waals surface area contributed by atoms with Crippen LogP contribution in [0.15, 0.2) is 36.0 Å². The number of ether oxygens (including phenoxy) is 3. The zero-order valence-electron chi connectivity index (χ0n) is 19.4. The van der Waals surface area contributed by atoms with Crippen LogP contribution in [-0.2, 0) is 23.8 Å². The Balaban J connectivity index is 1.51. The SMILES string of the molecule is CC(C)(O)[C@H]1CC=C(C(=O)OCC2OC(OCCC3(O)C=CC(=O)C=C3)C(O)C(O)C2O)CC1. The molecule has 0 aromatic rings. The molecule has 0 saturated carbocycles. The molecule has 1 aliphatic heterocycles. The van der Waals surface area contributed by atoms with E-state index in [9.17, 15) is 35.1 Å². The van der Waals surface area contributed by atoms with Gasteiger partial charge in [0.1, 0.15) is 36.6 Å².